The van der Waals surface area contributed by atoms with Gasteiger partial charge >= 0.3 is 0 Å². The predicted molar refractivity (Wildman–Crippen MR) is 29.0 cm³/mol. The van der Waals surface area contributed by atoms with Gasteiger partial charge in [-0.15, -0.1) is 0 Å². The van der Waals surface area contributed by atoms with Gasteiger partial charge in [-0.3, -0.25) is 5.01 Å². The second-order valence-corrected chi connectivity index (χ2v) is 1.94. The lowest BCUT2D eigenvalue weighted by Crippen LogP contribution is -2.33. The first-order valence-electron chi connectivity index (χ1n) is 2.59. The molecule has 0 spiro atoms. The monoisotopic (exact) mass is 113 g/mol. The second kappa shape index (κ2) is 2.05. The molecule has 1 N–H and O–H groups in total. The molecule has 0 aromatic carbocycles. The van der Waals surface area contributed by atoms with Crippen LogP contribution in [0.5, 0.6) is 0 Å². The Morgan fingerprint density at radius 3 is 2.75 bits per heavy atom. The van der Waals surface area contributed by atoms with E-state index in [9.17, 15) is 0 Å². The fourth-order valence-electron chi connectivity index (χ4n) is 0.443. The molecule has 3 heteroatoms. The summed E-state index contributed by atoms with van der Waals surface area (Å²) in [5.74, 6) is 0. The Hall–Kier alpha value is -0.700. The van der Waals surface area contributed by atoms with E-state index in [0.29, 0.717) is 6.04 Å². The van der Waals surface area contributed by atoms with Gasteiger partial charge in [-0.1, -0.05) is 5.59 Å². The summed E-state index contributed by atoms with van der Waals surface area (Å²) in [6.45, 7) is 4.11. The molecule has 0 aliphatic carbocycles. The van der Waals surface area contributed by atoms with Crippen LogP contribution in [-0.4, -0.2) is 11.1 Å². The zero-order valence-electron chi connectivity index (χ0n) is 5.01. The van der Waals surface area contributed by atoms with Crippen LogP contribution in [0.2, 0.25) is 0 Å². The van der Waals surface area contributed by atoms with E-state index in [1.54, 1.807) is 6.20 Å². The minimum atomic E-state index is 0.421. The van der Waals surface area contributed by atoms with Gasteiger partial charge in [-0.2, -0.15) is 0 Å². The molecule has 1 heterocycles. The molecule has 0 fully saturated rings. The molecule has 1 rings (SSSR count). The molecule has 8 heavy (non-hydrogen) atoms. The van der Waals surface area contributed by atoms with E-state index < -0.39 is 0 Å². The minimum Gasteiger partial charge on any atom is -0.383 e. The van der Waals surface area contributed by atoms with E-state index in [2.05, 4.69) is 30.5 Å². The van der Waals surface area contributed by atoms with Crippen molar-refractivity contribution in [2.45, 2.75) is 19.9 Å². The molecule has 0 saturated heterocycles. The summed E-state index contributed by atoms with van der Waals surface area (Å²) < 4.78 is 0. The molecule has 0 aromatic heterocycles. The standard InChI is InChI=1S/C5H9N2O/c1-5(2)7-3-4-8-6-7/h3,5-6H,1-2H3. The van der Waals surface area contributed by atoms with Crippen LogP contribution in [0.3, 0.4) is 0 Å². The Labute approximate surface area is 48.9 Å². The van der Waals surface area contributed by atoms with Gasteiger partial charge in [0.1, 0.15) is 0 Å². The highest BCUT2D eigenvalue weighted by Crippen LogP contribution is 1.98. The van der Waals surface area contributed by atoms with Crippen molar-refractivity contribution in [2.24, 2.45) is 0 Å². The SMILES string of the molecule is CC(C)N1C=[C]ON1. The van der Waals surface area contributed by atoms with Crippen molar-refractivity contribution in [3.8, 4) is 0 Å². The Bertz CT molecular complexity index is 101. The highest BCUT2D eigenvalue weighted by atomic mass is 16.7. The van der Waals surface area contributed by atoms with Crippen molar-refractivity contribution in [1.29, 1.82) is 0 Å². The topological polar surface area (TPSA) is 24.5 Å². The normalized spacial score (nSPS) is 17.6. The van der Waals surface area contributed by atoms with Gasteiger partial charge in [0.15, 0.2) is 0 Å². The lowest BCUT2D eigenvalue weighted by Gasteiger charge is -2.16. The van der Waals surface area contributed by atoms with E-state index in [1.807, 2.05) is 5.01 Å². The van der Waals surface area contributed by atoms with Crippen LogP contribution < -0.4 is 5.59 Å². The number of nitrogens with zero attached hydrogens (tertiary/aromatic N) is 1. The van der Waals surface area contributed by atoms with Crippen molar-refractivity contribution in [2.75, 3.05) is 0 Å². The van der Waals surface area contributed by atoms with Crippen LogP contribution in [0.1, 0.15) is 13.8 Å². The van der Waals surface area contributed by atoms with Crippen molar-refractivity contribution < 1.29 is 4.84 Å². The molecule has 0 amide bonds. The van der Waals surface area contributed by atoms with Crippen LogP contribution in [0.25, 0.3) is 0 Å². The van der Waals surface area contributed by atoms with Crippen molar-refractivity contribution in [1.82, 2.24) is 10.6 Å². The molecule has 3 nitrogen and oxygen atoms in total. The smallest absolute Gasteiger partial charge is 0.213 e. The second-order valence-electron chi connectivity index (χ2n) is 1.94. The van der Waals surface area contributed by atoms with E-state index >= 15 is 0 Å². The number of hydrazine groups is 1. The molecule has 1 aliphatic heterocycles. The van der Waals surface area contributed by atoms with E-state index in [1.165, 1.54) is 0 Å². The molecule has 1 radical (unpaired) electrons. The molecule has 0 unspecified atom stereocenters. The van der Waals surface area contributed by atoms with Crippen molar-refractivity contribution in [3.63, 3.8) is 0 Å². The summed E-state index contributed by atoms with van der Waals surface area (Å²) >= 11 is 0. The summed E-state index contributed by atoms with van der Waals surface area (Å²) in [4.78, 5) is 4.59. The third-order valence-corrected chi connectivity index (χ3v) is 0.958. The fourth-order valence-corrected chi connectivity index (χ4v) is 0.443. The molecule has 0 saturated carbocycles. The molecular weight excluding hydrogens is 104 g/mol. The van der Waals surface area contributed by atoms with E-state index in [-0.39, 0.29) is 0 Å². The minimum absolute atomic E-state index is 0.421. The van der Waals surface area contributed by atoms with Gasteiger partial charge < -0.3 is 4.84 Å². The lowest BCUT2D eigenvalue weighted by molar-refractivity contribution is 0.0112. The maximum absolute atomic E-state index is 4.59. The summed E-state index contributed by atoms with van der Waals surface area (Å²) in [5, 5.41) is 1.82. The van der Waals surface area contributed by atoms with Crippen molar-refractivity contribution >= 4 is 0 Å². The highest BCUT2D eigenvalue weighted by molar-refractivity contribution is 4.72. The summed E-state index contributed by atoms with van der Waals surface area (Å²) in [7, 11) is 0. The third kappa shape index (κ3) is 0.924. The van der Waals surface area contributed by atoms with Gasteiger partial charge in [0, 0.05) is 6.04 Å². The van der Waals surface area contributed by atoms with Crippen LogP contribution in [0.15, 0.2) is 6.20 Å². The zero-order valence-corrected chi connectivity index (χ0v) is 5.01. The highest BCUT2D eigenvalue weighted by Gasteiger charge is 2.07. The number of rotatable bonds is 1. The number of hydrogen-bond acceptors (Lipinski definition) is 3. The predicted octanol–water partition coefficient (Wildman–Crippen LogP) is 0.421. The van der Waals surface area contributed by atoms with Crippen molar-refractivity contribution in [3.05, 3.63) is 12.5 Å². The van der Waals surface area contributed by atoms with Gasteiger partial charge in [-0.25, -0.2) is 0 Å². The van der Waals surface area contributed by atoms with Gasteiger partial charge in [0.25, 0.3) is 0 Å². The lowest BCUT2D eigenvalue weighted by atomic mass is 10.4. The molecular formula is C5H9N2O. The Kier molecular flexibility index (Phi) is 1.39. The maximum Gasteiger partial charge on any atom is 0.213 e. The molecule has 0 bridgehead atoms. The first-order valence-corrected chi connectivity index (χ1v) is 2.59. The van der Waals surface area contributed by atoms with E-state index in [4.69, 9.17) is 0 Å². The largest absolute Gasteiger partial charge is 0.383 e. The molecule has 0 aromatic rings. The maximum atomic E-state index is 4.59. The summed E-state index contributed by atoms with van der Waals surface area (Å²) in [6, 6.07) is 0.421. The van der Waals surface area contributed by atoms with E-state index in [0.717, 1.165) is 0 Å². The van der Waals surface area contributed by atoms with Crippen LogP contribution in [-0.2, 0) is 4.84 Å². The molecule has 1 aliphatic rings. The Balaban J connectivity index is 2.36. The van der Waals surface area contributed by atoms with Crippen LogP contribution in [0, 0.1) is 6.26 Å². The zero-order chi connectivity index (χ0) is 5.98. The number of nitrogens with one attached hydrogen (secondary N) is 1. The fraction of sp³-hybridized carbons (Fsp3) is 0.600. The molecule has 45 valence electrons. The first kappa shape index (κ1) is 5.44. The van der Waals surface area contributed by atoms with Gasteiger partial charge in [-0.05, 0) is 13.8 Å². The van der Waals surface area contributed by atoms with Crippen LogP contribution in [0.4, 0.5) is 0 Å². The average Bonchev–Trinajstić information content (AvgIpc) is 2.12. The molecule has 0 atom stereocenters. The number of hydrogen-bond donors (Lipinski definition) is 1. The summed E-state index contributed by atoms with van der Waals surface area (Å²) in [5.41, 5.74) is 2.62. The average molecular weight is 113 g/mol. The Morgan fingerprint density at radius 1 is 1.75 bits per heavy atom. The summed E-state index contributed by atoms with van der Waals surface area (Å²) in [6.07, 6.45) is 4.27. The van der Waals surface area contributed by atoms with Gasteiger partial charge in [0.2, 0.25) is 6.26 Å². The first-order chi connectivity index (χ1) is 3.80. The van der Waals surface area contributed by atoms with Gasteiger partial charge in [0.05, 0.1) is 6.20 Å². The quantitative estimate of drug-likeness (QED) is 0.533. The van der Waals surface area contributed by atoms with Crippen LogP contribution >= 0.6 is 0 Å². The Morgan fingerprint density at radius 2 is 2.50 bits per heavy atom. The third-order valence-electron chi connectivity index (χ3n) is 0.958.